The van der Waals surface area contributed by atoms with Gasteiger partial charge in [0.15, 0.2) is 0 Å². The van der Waals surface area contributed by atoms with Gasteiger partial charge in [-0.05, 0) is 20.8 Å². The second kappa shape index (κ2) is 28.6. The molecule has 0 saturated heterocycles. The van der Waals surface area contributed by atoms with Crippen molar-refractivity contribution in [3.05, 3.63) is 0 Å². The summed E-state index contributed by atoms with van der Waals surface area (Å²) in [5, 5.41) is 5.05. The van der Waals surface area contributed by atoms with Crippen LogP contribution in [-0.4, -0.2) is 143 Å². The lowest BCUT2D eigenvalue weighted by Gasteiger charge is -2.19. The van der Waals surface area contributed by atoms with Gasteiger partial charge in [0.05, 0.1) is 112 Å². The van der Waals surface area contributed by atoms with Crippen LogP contribution in [0.1, 0.15) is 27.2 Å². The molecule has 0 aliphatic carbocycles. The van der Waals surface area contributed by atoms with Crippen LogP contribution in [0, 0.1) is 0 Å². The molecule has 0 atom stereocenters. The number of aldehydes is 1. The van der Waals surface area contributed by atoms with E-state index in [1.165, 1.54) is 0 Å². The first kappa shape index (κ1) is 38.1. The van der Waals surface area contributed by atoms with E-state index in [1.807, 2.05) is 20.8 Å². The highest BCUT2D eigenvalue weighted by Crippen LogP contribution is 2.06. The van der Waals surface area contributed by atoms with E-state index in [-0.39, 0.29) is 25.5 Å². The molecule has 14 nitrogen and oxygen atoms in total. The van der Waals surface area contributed by atoms with E-state index in [1.54, 1.807) is 0 Å². The Balaban J connectivity index is 3.13. The fraction of sp³-hybridized carbons (Fsp3) is 0.885. The molecule has 0 rings (SSSR count). The minimum atomic E-state index is -0.515. The minimum absolute atomic E-state index is 0.0220. The average molecular weight is 583 g/mol. The molecule has 0 aliphatic rings. The average Bonchev–Trinajstić information content (AvgIpc) is 2.90. The van der Waals surface area contributed by atoms with Crippen molar-refractivity contribution in [3.63, 3.8) is 0 Å². The van der Waals surface area contributed by atoms with Crippen molar-refractivity contribution in [3.8, 4) is 0 Å². The maximum Gasteiger partial charge on any atom is 0.407 e. The molecule has 0 aliphatic heterocycles. The van der Waals surface area contributed by atoms with Gasteiger partial charge in [-0.25, -0.2) is 4.79 Å². The van der Waals surface area contributed by atoms with Gasteiger partial charge in [0.2, 0.25) is 5.91 Å². The van der Waals surface area contributed by atoms with Crippen molar-refractivity contribution < 1.29 is 57.0 Å². The quantitative estimate of drug-likeness (QED) is 0.0922. The molecule has 0 aromatic rings. The van der Waals surface area contributed by atoms with Gasteiger partial charge in [0.25, 0.3) is 0 Å². The number of carbonyl (C=O) groups is 3. The summed E-state index contributed by atoms with van der Waals surface area (Å²) in [6.07, 6.45) is 0.387. The van der Waals surface area contributed by atoms with Crippen molar-refractivity contribution in [2.24, 2.45) is 0 Å². The van der Waals surface area contributed by atoms with E-state index in [2.05, 4.69) is 10.6 Å². The number of rotatable bonds is 29. The van der Waals surface area contributed by atoms with Gasteiger partial charge in [-0.1, -0.05) is 0 Å². The third kappa shape index (κ3) is 32.3. The molecule has 236 valence electrons. The van der Waals surface area contributed by atoms with Gasteiger partial charge in [-0.3, -0.25) is 4.79 Å². The number of nitrogens with one attached hydrogen (secondary N) is 2. The second-order valence-corrected chi connectivity index (χ2v) is 9.05. The molecule has 14 heteroatoms. The van der Waals surface area contributed by atoms with E-state index in [4.69, 9.17) is 42.6 Å². The number of ether oxygens (including phenoxy) is 9. The smallest absolute Gasteiger partial charge is 0.407 e. The minimum Gasteiger partial charge on any atom is -0.444 e. The normalized spacial score (nSPS) is 11.4. The van der Waals surface area contributed by atoms with Gasteiger partial charge >= 0.3 is 6.09 Å². The molecule has 0 aromatic heterocycles. The summed E-state index contributed by atoms with van der Waals surface area (Å²) in [5.74, 6) is -0.217. The van der Waals surface area contributed by atoms with Crippen LogP contribution >= 0.6 is 0 Å². The Kier molecular flexibility index (Phi) is 27.2. The largest absolute Gasteiger partial charge is 0.444 e. The molecule has 2 N–H and O–H groups in total. The molecular formula is C26H50N2O12. The molecule has 0 unspecified atom stereocenters. The number of carbonyl (C=O) groups excluding carboxylic acids is 3. The van der Waals surface area contributed by atoms with Crippen LogP contribution in [-0.2, 0) is 52.2 Å². The van der Waals surface area contributed by atoms with Gasteiger partial charge < -0.3 is 58.1 Å². The van der Waals surface area contributed by atoms with Crippen LogP contribution in [0.25, 0.3) is 0 Å². The maximum atomic E-state index is 11.5. The van der Waals surface area contributed by atoms with Gasteiger partial charge in [-0.2, -0.15) is 0 Å². The Morgan fingerprint density at radius 2 is 0.900 bits per heavy atom. The van der Waals surface area contributed by atoms with Gasteiger partial charge in [0.1, 0.15) is 11.9 Å². The predicted molar refractivity (Wildman–Crippen MR) is 144 cm³/mol. The summed E-state index contributed by atoms with van der Waals surface area (Å²) in [5.41, 5.74) is -0.515. The highest BCUT2D eigenvalue weighted by Gasteiger charge is 2.15. The summed E-state index contributed by atoms with van der Waals surface area (Å²) >= 11 is 0. The lowest BCUT2D eigenvalue weighted by atomic mass is 10.2. The fourth-order valence-electron chi connectivity index (χ4n) is 2.59. The number of alkyl carbamates (subject to hydrolysis) is 1. The SMILES string of the molecule is CC(C)(C)OC(=O)NCCOCCOCCOCCOCCOCCOCCOCCOCCC(=O)NCC=O. The van der Waals surface area contributed by atoms with E-state index in [9.17, 15) is 14.4 Å². The Morgan fingerprint density at radius 3 is 1.25 bits per heavy atom. The van der Waals surface area contributed by atoms with Crippen molar-refractivity contribution in [1.29, 1.82) is 0 Å². The number of hydrogen-bond acceptors (Lipinski definition) is 12. The van der Waals surface area contributed by atoms with Gasteiger partial charge in [0, 0.05) is 13.0 Å². The summed E-state index contributed by atoms with van der Waals surface area (Å²) in [4.78, 5) is 32.8. The Labute approximate surface area is 237 Å². The topological polar surface area (TPSA) is 158 Å². The lowest BCUT2D eigenvalue weighted by molar-refractivity contribution is -0.123. The Hall–Kier alpha value is -1.91. The van der Waals surface area contributed by atoms with Gasteiger partial charge in [-0.15, -0.1) is 0 Å². The molecule has 0 fully saturated rings. The van der Waals surface area contributed by atoms with Crippen LogP contribution < -0.4 is 10.6 Å². The predicted octanol–water partition coefficient (Wildman–Crippen LogP) is 0.349. The van der Waals surface area contributed by atoms with E-state index >= 15 is 0 Å². The zero-order chi connectivity index (χ0) is 29.6. The van der Waals surface area contributed by atoms with Crippen molar-refractivity contribution in [2.75, 3.05) is 119 Å². The lowest BCUT2D eigenvalue weighted by Crippen LogP contribution is -2.34. The highest BCUT2D eigenvalue weighted by molar-refractivity contribution is 5.78. The second-order valence-electron chi connectivity index (χ2n) is 9.05. The third-order valence-corrected chi connectivity index (χ3v) is 4.37. The number of amides is 2. The van der Waals surface area contributed by atoms with E-state index in [0.717, 1.165) is 0 Å². The molecule has 0 spiro atoms. The first-order valence-electron chi connectivity index (χ1n) is 13.6. The zero-order valence-electron chi connectivity index (χ0n) is 24.4. The molecule has 0 bridgehead atoms. The molecule has 2 amide bonds. The van der Waals surface area contributed by atoms with Crippen molar-refractivity contribution in [2.45, 2.75) is 32.8 Å². The van der Waals surface area contributed by atoms with Crippen molar-refractivity contribution >= 4 is 18.3 Å². The van der Waals surface area contributed by atoms with Crippen LogP contribution in [0.2, 0.25) is 0 Å². The highest BCUT2D eigenvalue weighted by atomic mass is 16.6. The van der Waals surface area contributed by atoms with E-state index in [0.29, 0.717) is 112 Å². The molecule has 0 radical (unpaired) electrons. The molecule has 0 saturated carbocycles. The van der Waals surface area contributed by atoms with Crippen LogP contribution in [0.15, 0.2) is 0 Å². The summed E-state index contributed by atoms with van der Waals surface area (Å²) < 4.78 is 48.2. The molecular weight excluding hydrogens is 532 g/mol. The monoisotopic (exact) mass is 582 g/mol. The first-order chi connectivity index (χ1) is 19.3. The fourth-order valence-corrected chi connectivity index (χ4v) is 2.59. The number of hydrogen-bond donors (Lipinski definition) is 2. The summed E-state index contributed by atoms with van der Waals surface area (Å²) in [6, 6.07) is 0. The maximum absolute atomic E-state index is 11.5. The van der Waals surface area contributed by atoms with E-state index < -0.39 is 11.7 Å². The Morgan fingerprint density at radius 1 is 0.550 bits per heavy atom. The van der Waals surface area contributed by atoms with Crippen molar-refractivity contribution in [1.82, 2.24) is 10.6 Å². The molecule has 0 heterocycles. The summed E-state index contributed by atoms with van der Waals surface area (Å²) in [6.45, 7) is 12.8. The summed E-state index contributed by atoms with van der Waals surface area (Å²) in [7, 11) is 0. The standard InChI is InChI=1S/C26H50N2O12/c1-26(2,3)40-25(31)28-6-9-33-11-13-35-15-17-37-19-21-39-23-22-38-20-18-36-16-14-34-12-10-32-8-4-24(30)27-5-7-29/h7H,4-6,8-23H2,1-3H3,(H,27,30)(H,28,31). The zero-order valence-corrected chi connectivity index (χ0v) is 24.4. The molecule has 0 aromatic carbocycles. The first-order valence-corrected chi connectivity index (χ1v) is 13.6. The van der Waals surface area contributed by atoms with Crippen LogP contribution in [0.5, 0.6) is 0 Å². The van der Waals surface area contributed by atoms with Crippen LogP contribution in [0.3, 0.4) is 0 Å². The molecule has 40 heavy (non-hydrogen) atoms. The third-order valence-electron chi connectivity index (χ3n) is 4.37. The Bertz CT molecular complexity index is 605. The van der Waals surface area contributed by atoms with Crippen LogP contribution in [0.4, 0.5) is 4.79 Å².